The topological polar surface area (TPSA) is 54.7 Å². The molecule has 20 heavy (non-hydrogen) atoms. The molecule has 0 amide bonds. The highest BCUT2D eigenvalue weighted by atomic mass is 32.2. The first kappa shape index (κ1) is 13.1. The number of hydrogen-bond donors (Lipinski definition) is 2. The van der Waals surface area contributed by atoms with E-state index in [1.807, 2.05) is 42.5 Å². The van der Waals surface area contributed by atoms with Crippen molar-refractivity contribution >= 4 is 40.0 Å². The normalized spacial score (nSPS) is 10.8. The molecule has 0 aliphatic rings. The maximum Gasteiger partial charge on any atom is 0.166 e. The van der Waals surface area contributed by atoms with E-state index < -0.39 is 0 Å². The van der Waals surface area contributed by atoms with E-state index in [1.165, 1.54) is 5.56 Å². The summed E-state index contributed by atoms with van der Waals surface area (Å²) < 4.78 is 0. The summed E-state index contributed by atoms with van der Waals surface area (Å²) in [6.07, 6.45) is 0. The lowest BCUT2D eigenvalue weighted by Crippen LogP contribution is -2.09. The van der Waals surface area contributed by atoms with Gasteiger partial charge in [0.15, 0.2) is 5.16 Å². The largest absolute Gasteiger partial charge is 0.389 e. The van der Waals surface area contributed by atoms with E-state index in [-0.39, 0.29) is 0 Å². The van der Waals surface area contributed by atoms with E-state index in [4.69, 9.17) is 18.0 Å². The van der Waals surface area contributed by atoms with Crippen LogP contribution in [-0.2, 0) is 5.75 Å². The van der Waals surface area contributed by atoms with Gasteiger partial charge in [-0.2, -0.15) is 0 Å². The van der Waals surface area contributed by atoms with Crippen molar-refractivity contribution in [3.63, 3.8) is 0 Å². The molecule has 3 N–H and O–H groups in total. The number of fused-ring (bicyclic) bond motifs is 1. The molecule has 1 aromatic heterocycles. The zero-order valence-electron chi connectivity index (χ0n) is 10.7. The Kier molecular flexibility index (Phi) is 3.71. The first-order valence-electron chi connectivity index (χ1n) is 6.19. The Balaban J connectivity index is 1.75. The van der Waals surface area contributed by atoms with Crippen LogP contribution in [-0.4, -0.2) is 15.0 Å². The molecule has 0 aliphatic heterocycles. The average Bonchev–Trinajstić information content (AvgIpc) is 2.88. The van der Waals surface area contributed by atoms with Crippen molar-refractivity contribution in [2.24, 2.45) is 5.73 Å². The number of nitrogens with one attached hydrogen (secondary N) is 1. The monoisotopic (exact) mass is 299 g/mol. The number of rotatable bonds is 4. The van der Waals surface area contributed by atoms with Gasteiger partial charge >= 0.3 is 0 Å². The zero-order valence-corrected chi connectivity index (χ0v) is 12.3. The van der Waals surface area contributed by atoms with Gasteiger partial charge in [-0.25, -0.2) is 4.98 Å². The molecule has 0 bridgehead atoms. The molecule has 2 aromatic carbocycles. The van der Waals surface area contributed by atoms with Crippen LogP contribution in [0.5, 0.6) is 0 Å². The number of aromatic nitrogens is 2. The van der Waals surface area contributed by atoms with E-state index >= 15 is 0 Å². The first-order chi connectivity index (χ1) is 9.72. The quantitative estimate of drug-likeness (QED) is 0.572. The fourth-order valence-electron chi connectivity index (χ4n) is 1.96. The van der Waals surface area contributed by atoms with Crippen molar-refractivity contribution in [3.8, 4) is 0 Å². The minimum Gasteiger partial charge on any atom is -0.389 e. The van der Waals surface area contributed by atoms with E-state index in [2.05, 4.69) is 16.0 Å². The molecule has 0 spiro atoms. The average molecular weight is 299 g/mol. The van der Waals surface area contributed by atoms with Crippen molar-refractivity contribution in [2.45, 2.75) is 10.9 Å². The molecular weight excluding hydrogens is 286 g/mol. The Labute approximate surface area is 126 Å². The summed E-state index contributed by atoms with van der Waals surface area (Å²) in [5, 5.41) is 0.923. The molecule has 3 rings (SSSR count). The molecule has 1 heterocycles. The van der Waals surface area contributed by atoms with Gasteiger partial charge in [0.05, 0.1) is 11.0 Å². The molecular formula is C15H13N3S2. The summed E-state index contributed by atoms with van der Waals surface area (Å²) >= 11 is 6.66. The molecule has 3 aromatic rings. The number of thiocarbonyl (C=S) groups is 1. The molecule has 0 aliphatic carbocycles. The van der Waals surface area contributed by atoms with Crippen LogP contribution in [0.25, 0.3) is 11.0 Å². The number of hydrogen-bond acceptors (Lipinski definition) is 3. The highest BCUT2D eigenvalue weighted by Crippen LogP contribution is 2.23. The second-order valence-corrected chi connectivity index (χ2v) is 5.82. The lowest BCUT2D eigenvalue weighted by atomic mass is 10.1. The molecule has 0 atom stereocenters. The summed E-state index contributed by atoms with van der Waals surface area (Å²) in [6, 6.07) is 16.0. The van der Waals surface area contributed by atoms with Gasteiger partial charge in [0.1, 0.15) is 4.99 Å². The minimum absolute atomic E-state index is 0.431. The Morgan fingerprint density at radius 1 is 1.20 bits per heavy atom. The number of imidazole rings is 1. The number of nitrogens with two attached hydrogens (primary N) is 1. The molecule has 0 radical (unpaired) electrons. The zero-order chi connectivity index (χ0) is 13.9. The van der Waals surface area contributed by atoms with Crippen molar-refractivity contribution in [2.75, 3.05) is 0 Å². The summed E-state index contributed by atoms with van der Waals surface area (Å²) in [4.78, 5) is 8.28. The molecule has 0 fully saturated rings. The van der Waals surface area contributed by atoms with Crippen LogP contribution in [0.1, 0.15) is 11.1 Å². The molecule has 100 valence electrons. The van der Waals surface area contributed by atoms with Crippen molar-refractivity contribution in [3.05, 3.63) is 59.7 Å². The summed E-state index contributed by atoms with van der Waals surface area (Å²) in [5.41, 5.74) is 9.79. The summed E-state index contributed by atoms with van der Waals surface area (Å²) in [5.74, 6) is 0.830. The van der Waals surface area contributed by atoms with Crippen LogP contribution in [0.4, 0.5) is 0 Å². The first-order valence-corrected chi connectivity index (χ1v) is 7.58. The SMILES string of the molecule is NC(=S)c1cccc(CSc2nc3ccccc3[nH]2)c1. The minimum atomic E-state index is 0.431. The molecule has 3 nitrogen and oxygen atoms in total. The number of para-hydroxylation sites is 2. The van der Waals surface area contributed by atoms with Gasteiger partial charge in [0.2, 0.25) is 0 Å². The van der Waals surface area contributed by atoms with Crippen LogP contribution >= 0.6 is 24.0 Å². The number of thioether (sulfide) groups is 1. The van der Waals surface area contributed by atoms with E-state index in [1.54, 1.807) is 11.8 Å². The highest BCUT2D eigenvalue weighted by Gasteiger charge is 2.04. The predicted octanol–water partition coefficient (Wildman–Crippen LogP) is 3.49. The van der Waals surface area contributed by atoms with Crippen LogP contribution in [0.15, 0.2) is 53.7 Å². The van der Waals surface area contributed by atoms with Gasteiger partial charge in [-0.05, 0) is 23.8 Å². The van der Waals surface area contributed by atoms with Gasteiger partial charge in [0, 0.05) is 11.3 Å². The standard InChI is InChI=1S/C15H13N3S2/c16-14(19)11-5-3-4-10(8-11)9-20-15-17-12-6-1-2-7-13(12)18-15/h1-8H,9H2,(H2,16,19)(H,17,18). The maximum atomic E-state index is 5.65. The smallest absolute Gasteiger partial charge is 0.166 e. The van der Waals surface area contributed by atoms with Gasteiger partial charge in [-0.3, -0.25) is 0 Å². The van der Waals surface area contributed by atoms with Gasteiger partial charge < -0.3 is 10.7 Å². The van der Waals surface area contributed by atoms with Gasteiger partial charge in [-0.15, -0.1) is 0 Å². The van der Waals surface area contributed by atoms with Crippen molar-refractivity contribution < 1.29 is 0 Å². The molecule has 0 unspecified atom stereocenters. The van der Waals surface area contributed by atoms with E-state index in [9.17, 15) is 0 Å². The lowest BCUT2D eigenvalue weighted by molar-refractivity contribution is 1.08. The fraction of sp³-hybridized carbons (Fsp3) is 0.0667. The Morgan fingerprint density at radius 2 is 2.05 bits per heavy atom. The third-order valence-electron chi connectivity index (χ3n) is 2.95. The Morgan fingerprint density at radius 3 is 2.85 bits per heavy atom. The van der Waals surface area contributed by atoms with Crippen molar-refractivity contribution in [1.29, 1.82) is 0 Å². The number of aromatic amines is 1. The second kappa shape index (κ2) is 5.64. The predicted molar refractivity (Wildman–Crippen MR) is 88.0 cm³/mol. The molecule has 5 heteroatoms. The van der Waals surface area contributed by atoms with Gasteiger partial charge in [-0.1, -0.05) is 54.3 Å². The summed E-state index contributed by atoms with van der Waals surface area (Å²) in [7, 11) is 0. The van der Waals surface area contributed by atoms with E-state index in [0.29, 0.717) is 4.99 Å². The fourth-order valence-corrected chi connectivity index (χ4v) is 2.92. The number of nitrogens with zero attached hydrogens (tertiary/aromatic N) is 1. The highest BCUT2D eigenvalue weighted by molar-refractivity contribution is 7.98. The summed E-state index contributed by atoms with van der Waals surface area (Å²) in [6.45, 7) is 0. The third kappa shape index (κ3) is 2.84. The maximum absolute atomic E-state index is 5.65. The molecule has 0 saturated carbocycles. The molecule has 0 saturated heterocycles. The number of benzene rings is 2. The second-order valence-electron chi connectivity index (χ2n) is 4.41. The van der Waals surface area contributed by atoms with Crippen LogP contribution in [0.3, 0.4) is 0 Å². The lowest BCUT2D eigenvalue weighted by Gasteiger charge is -2.02. The Bertz CT molecular complexity index is 731. The van der Waals surface area contributed by atoms with Gasteiger partial charge in [0.25, 0.3) is 0 Å². The van der Waals surface area contributed by atoms with Crippen LogP contribution in [0.2, 0.25) is 0 Å². The van der Waals surface area contributed by atoms with Crippen LogP contribution < -0.4 is 5.73 Å². The number of H-pyrrole nitrogens is 1. The Hall–Kier alpha value is -1.85. The van der Waals surface area contributed by atoms with Crippen LogP contribution in [0, 0.1) is 0 Å². The van der Waals surface area contributed by atoms with Crippen molar-refractivity contribution in [1.82, 2.24) is 9.97 Å². The third-order valence-corrected chi connectivity index (χ3v) is 4.13. The van der Waals surface area contributed by atoms with E-state index in [0.717, 1.165) is 27.5 Å².